The quantitative estimate of drug-likeness (QED) is 0.570. The van der Waals surface area contributed by atoms with E-state index in [1.165, 1.54) is 24.5 Å². The van der Waals surface area contributed by atoms with E-state index in [1.807, 2.05) is 6.92 Å². The van der Waals surface area contributed by atoms with E-state index in [1.54, 1.807) is 23.6 Å². The van der Waals surface area contributed by atoms with E-state index in [0.717, 1.165) is 24.1 Å². The van der Waals surface area contributed by atoms with Gasteiger partial charge in [-0.05, 0) is 42.3 Å². The van der Waals surface area contributed by atoms with Gasteiger partial charge in [0.15, 0.2) is 23.1 Å². The molecule has 0 aliphatic rings. The highest BCUT2D eigenvalue weighted by atomic mass is 32.1. The second-order valence-electron chi connectivity index (χ2n) is 6.20. The fourth-order valence-corrected chi connectivity index (χ4v) is 3.35. The molecule has 0 spiro atoms. The van der Waals surface area contributed by atoms with E-state index < -0.39 is 11.6 Å². The molecule has 152 valence electrons. The summed E-state index contributed by atoms with van der Waals surface area (Å²) in [6.07, 6.45) is 0.853. The molecule has 5 nitrogen and oxygen atoms in total. The summed E-state index contributed by atoms with van der Waals surface area (Å²) in [5, 5.41) is 5.18. The molecule has 1 N–H and O–H groups in total. The van der Waals surface area contributed by atoms with Gasteiger partial charge in [0, 0.05) is 17.5 Å². The highest BCUT2D eigenvalue weighted by Gasteiger charge is 2.14. The first kappa shape index (κ1) is 20.7. The fourth-order valence-electron chi connectivity index (χ4n) is 2.55. The average molecular weight is 418 g/mol. The number of rotatable bonds is 8. The Morgan fingerprint density at radius 3 is 2.69 bits per heavy atom. The van der Waals surface area contributed by atoms with Gasteiger partial charge < -0.3 is 14.8 Å². The SMILES string of the molecule is CCCNC(=O)c1csc(-c2ccc(OCc3ccc(F)c(F)c3)c(OC)c2)n1. The molecule has 8 heteroatoms. The maximum absolute atomic E-state index is 13.3. The Morgan fingerprint density at radius 2 is 1.97 bits per heavy atom. The number of hydrogen-bond donors (Lipinski definition) is 1. The third kappa shape index (κ3) is 5.08. The lowest BCUT2D eigenvalue weighted by Gasteiger charge is -2.12. The van der Waals surface area contributed by atoms with Crippen molar-refractivity contribution in [2.75, 3.05) is 13.7 Å². The number of halogens is 2. The molecule has 1 heterocycles. The lowest BCUT2D eigenvalue weighted by molar-refractivity contribution is 0.0949. The van der Waals surface area contributed by atoms with Crippen molar-refractivity contribution in [2.45, 2.75) is 20.0 Å². The first-order chi connectivity index (χ1) is 14.0. The molecule has 0 fully saturated rings. The monoisotopic (exact) mass is 418 g/mol. The van der Waals surface area contributed by atoms with Crippen LogP contribution in [0.5, 0.6) is 11.5 Å². The number of ether oxygens (including phenoxy) is 2. The van der Waals surface area contributed by atoms with Gasteiger partial charge in [0.1, 0.15) is 17.3 Å². The Balaban J connectivity index is 1.74. The Hall–Kier alpha value is -3.00. The van der Waals surface area contributed by atoms with Crippen molar-refractivity contribution in [3.8, 4) is 22.1 Å². The third-order valence-electron chi connectivity index (χ3n) is 4.06. The van der Waals surface area contributed by atoms with Crippen LogP contribution >= 0.6 is 11.3 Å². The second-order valence-corrected chi connectivity index (χ2v) is 7.05. The van der Waals surface area contributed by atoms with Gasteiger partial charge in [0.05, 0.1) is 7.11 Å². The Bertz CT molecular complexity index is 1010. The Kier molecular flexibility index (Phi) is 6.77. The zero-order valence-corrected chi connectivity index (χ0v) is 16.8. The molecule has 0 unspecified atom stereocenters. The van der Waals surface area contributed by atoms with Crippen molar-refractivity contribution in [3.63, 3.8) is 0 Å². The summed E-state index contributed by atoms with van der Waals surface area (Å²) in [5.41, 5.74) is 1.65. The summed E-state index contributed by atoms with van der Waals surface area (Å²) >= 11 is 1.36. The van der Waals surface area contributed by atoms with Gasteiger partial charge in [-0.1, -0.05) is 13.0 Å². The smallest absolute Gasteiger partial charge is 0.270 e. The van der Waals surface area contributed by atoms with Gasteiger partial charge in [0.2, 0.25) is 0 Å². The molecular formula is C21H20F2N2O3S. The van der Waals surface area contributed by atoms with E-state index in [0.29, 0.717) is 34.3 Å². The predicted molar refractivity (Wildman–Crippen MR) is 107 cm³/mol. The summed E-state index contributed by atoms with van der Waals surface area (Å²) in [4.78, 5) is 16.4. The standard InChI is InChI=1S/C21H20F2N2O3S/c1-3-8-24-20(26)17-12-29-21(25-17)14-5-7-18(19(10-14)27-2)28-11-13-4-6-15(22)16(23)9-13/h4-7,9-10,12H,3,8,11H2,1-2H3,(H,24,26). The number of hydrogen-bond acceptors (Lipinski definition) is 5. The van der Waals surface area contributed by atoms with E-state index in [-0.39, 0.29) is 12.5 Å². The molecule has 0 aliphatic heterocycles. The zero-order valence-electron chi connectivity index (χ0n) is 16.0. The molecule has 0 aliphatic carbocycles. The maximum atomic E-state index is 13.3. The fraction of sp³-hybridized carbons (Fsp3) is 0.238. The molecular weight excluding hydrogens is 398 g/mol. The summed E-state index contributed by atoms with van der Waals surface area (Å²) in [6.45, 7) is 2.64. The van der Waals surface area contributed by atoms with Crippen LogP contribution in [0, 0.1) is 11.6 Å². The highest BCUT2D eigenvalue weighted by molar-refractivity contribution is 7.13. The van der Waals surface area contributed by atoms with Crippen molar-refractivity contribution in [3.05, 3.63) is 64.7 Å². The minimum Gasteiger partial charge on any atom is -0.493 e. The van der Waals surface area contributed by atoms with Gasteiger partial charge in [-0.3, -0.25) is 4.79 Å². The van der Waals surface area contributed by atoms with Crippen LogP contribution in [0.1, 0.15) is 29.4 Å². The number of carbonyl (C=O) groups is 1. The van der Waals surface area contributed by atoms with Crippen LogP contribution in [-0.2, 0) is 6.61 Å². The minimum absolute atomic E-state index is 0.0614. The van der Waals surface area contributed by atoms with Crippen LogP contribution in [0.25, 0.3) is 10.6 Å². The minimum atomic E-state index is -0.920. The third-order valence-corrected chi connectivity index (χ3v) is 4.95. The molecule has 2 aromatic carbocycles. The number of amides is 1. The number of thiazole rings is 1. The van der Waals surface area contributed by atoms with Crippen LogP contribution in [0.4, 0.5) is 8.78 Å². The average Bonchev–Trinajstić information content (AvgIpc) is 3.23. The molecule has 3 rings (SSSR count). The normalized spacial score (nSPS) is 10.6. The van der Waals surface area contributed by atoms with Crippen LogP contribution in [-0.4, -0.2) is 24.5 Å². The highest BCUT2D eigenvalue weighted by Crippen LogP contribution is 2.34. The predicted octanol–water partition coefficient (Wildman–Crippen LogP) is 4.82. The number of aromatic nitrogens is 1. The first-order valence-corrected chi connectivity index (χ1v) is 9.88. The largest absolute Gasteiger partial charge is 0.493 e. The van der Waals surface area contributed by atoms with Crippen molar-refractivity contribution in [2.24, 2.45) is 0 Å². The van der Waals surface area contributed by atoms with Crippen LogP contribution < -0.4 is 14.8 Å². The van der Waals surface area contributed by atoms with Gasteiger partial charge in [-0.2, -0.15) is 0 Å². The molecule has 0 radical (unpaired) electrons. The van der Waals surface area contributed by atoms with Crippen molar-refractivity contribution >= 4 is 17.2 Å². The van der Waals surface area contributed by atoms with Crippen molar-refractivity contribution < 1.29 is 23.0 Å². The van der Waals surface area contributed by atoms with Crippen LogP contribution in [0.2, 0.25) is 0 Å². The summed E-state index contributed by atoms with van der Waals surface area (Å²) in [5.74, 6) is -1.10. The number of carbonyl (C=O) groups excluding carboxylic acids is 1. The number of nitrogens with zero attached hydrogens (tertiary/aromatic N) is 1. The Labute approximate surface area is 171 Å². The van der Waals surface area contributed by atoms with E-state index in [9.17, 15) is 13.6 Å². The molecule has 1 aromatic heterocycles. The summed E-state index contributed by atoms with van der Waals surface area (Å²) in [7, 11) is 1.51. The molecule has 0 atom stereocenters. The van der Waals surface area contributed by atoms with E-state index >= 15 is 0 Å². The van der Waals surface area contributed by atoms with E-state index in [2.05, 4.69) is 10.3 Å². The first-order valence-electron chi connectivity index (χ1n) is 9.00. The van der Waals surface area contributed by atoms with Gasteiger partial charge in [0.25, 0.3) is 5.91 Å². The molecule has 0 saturated heterocycles. The molecule has 0 saturated carbocycles. The zero-order chi connectivity index (χ0) is 20.8. The molecule has 3 aromatic rings. The van der Waals surface area contributed by atoms with Gasteiger partial charge >= 0.3 is 0 Å². The second kappa shape index (κ2) is 9.47. The molecule has 29 heavy (non-hydrogen) atoms. The topological polar surface area (TPSA) is 60.5 Å². The maximum Gasteiger partial charge on any atom is 0.270 e. The molecule has 1 amide bonds. The lowest BCUT2D eigenvalue weighted by Crippen LogP contribution is -2.24. The Morgan fingerprint density at radius 1 is 1.14 bits per heavy atom. The van der Waals surface area contributed by atoms with Gasteiger partial charge in [-0.15, -0.1) is 11.3 Å². The van der Waals surface area contributed by atoms with Crippen LogP contribution in [0.3, 0.4) is 0 Å². The van der Waals surface area contributed by atoms with Crippen molar-refractivity contribution in [1.82, 2.24) is 10.3 Å². The summed E-state index contributed by atoms with van der Waals surface area (Å²) in [6, 6.07) is 8.89. The lowest BCUT2D eigenvalue weighted by atomic mass is 10.2. The van der Waals surface area contributed by atoms with Crippen LogP contribution in [0.15, 0.2) is 41.8 Å². The van der Waals surface area contributed by atoms with Gasteiger partial charge in [-0.25, -0.2) is 13.8 Å². The number of benzene rings is 2. The summed E-state index contributed by atoms with van der Waals surface area (Å²) < 4.78 is 37.4. The number of nitrogens with one attached hydrogen (secondary N) is 1. The number of methoxy groups -OCH3 is 1. The van der Waals surface area contributed by atoms with E-state index in [4.69, 9.17) is 9.47 Å². The molecule has 0 bridgehead atoms. The van der Waals surface area contributed by atoms with Crippen molar-refractivity contribution in [1.29, 1.82) is 0 Å².